The average molecular weight is 364 g/mol. The van der Waals surface area contributed by atoms with Crippen LogP contribution in [0.1, 0.15) is 69.2 Å². The standard InChI is InChI=1S/C18H28N4O4/c1-3-9-18(2,17(25)26)21-16(24)13-10-19-22(11-13)12-15(23)20-14-7-5-4-6-8-14/h10-11,14H,3-9,12H2,1-2H3,(H,20,23)(H,21,24)(H,25,26). The second kappa shape index (κ2) is 8.82. The maximum atomic E-state index is 12.3. The Hall–Kier alpha value is -2.38. The van der Waals surface area contributed by atoms with Crippen molar-refractivity contribution in [3.8, 4) is 0 Å². The van der Waals surface area contributed by atoms with E-state index in [0.717, 1.165) is 25.7 Å². The molecule has 0 saturated heterocycles. The predicted molar refractivity (Wildman–Crippen MR) is 95.7 cm³/mol. The van der Waals surface area contributed by atoms with Crippen molar-refractivity contribution < 1.29 is 19.5 Å². The molecule has 144 valence electrons. The van der Waals surface area contributed by atoms with E-state index in [1.165, 1.54) is 30.4 Å². The van der Waals surface area contributed by atoms with E-state index in [-0.39, 0.29) is 24.1 Å². The zero-order valence-electron chi connectivity index (χ0n) is 15.5. The molecule has 2 amide bonds. The normalized spacial score (nSPS) is 17.3. The van der Waals surface area contributed by atoms with E-state index in [0.29, 0.717) is 12.8 Å². The van der Waals surface area contributed by atoms with Crippen molar-refractivity contribution in [1.29, 1.82) is 0 Å². The molecule has 1 aliphatic rings. The largest absolute Gasteiger partial charge is 0.480 e. The van der Waals surface area contributed by atoms with Crippen LogP contribution in [0.2, 0.25) is 0 Å². The Labute approximate surface area is 153 Å². The van der Waals surface area contributed by atoms with Crippen LogP contribution in [0.4, 0.5) is 0 Å². The molecule has 0 spiro atoms. The Morgan fingerprint density at radius 3 is 2.62 bits per heavy atom. The smallest absolute Gasteiger partial charge is 0.329 e. The van der Waals surface area contributed by atoms with Crippen LogP contribution in [-0.4, -0.2) is 44.3 Å². The van der Waals surface area contributed by atoms with Gasteiger partial charge in [-0.05, 0) is 26.2 Å². The Morgan fingerprint density at radius 2 is 2.00 bits per heavy atom. The van der Waals surface area contributed by atoms with Crippen LogP contribution in [0.5, 0.6) is 0 Å². The Bertz CT molecular complexity index is 651. The van der Waals surface area contributed by atoms with Crippen molar-refractivity contribution in [2.75, 3.05) is 0 Å². The van der Waals surface area contributed by atoms with Gasteiger partial charge >= 0.3 is 5.97 Å². The number of rotatable bonds is 8. The number of aliphatic carboxylic acids is 1. The molecule has 0 aromatic carbocycles. The fraction of sp³-hybridized carbons (Fsp3) is 0.667. The lowest BCUT2D eigenvalue weighted by molar-refractivity contribution is -0.144. The van der Waals surface area contributed by atoms with Crippen LogP contribution in [-0.2, 0) is 16.1 Å². The summed E-state index contributed by atoms with van der Waals surface area (Å²) in [5.41, 5.74) is -1.09. The highest BCUT2D eigenvalue weighted by Gasteiger charge is 2.34. The third-order valence-corrected chi connectivity index (χ3v) is 4.78. The average Bonchev–Trinajstić information content (AvgIpc) is 3.04. The van der Waals surface area contributed by atoms with E-state index in [1.54, 1.807) is 0 Å². The van der Waals surface area contributed by atoms with Gasteiger partial charge in [0.2, 0.25) is 5.91 Å². The van der Waals surface area contributed by atoms with Gasteiger partial charge in [0.15, 0.2) is 0 Å². The minimum absolute atomic E-state index is 0.0366. The molecule has 0 radical (unpaired) electrons. The van der Waals surface area contributed by atoms with Crippen LogP contribution < -0.4 is 10.6 Å². The molecule has 1 heterocycles. The highest BCUT2D eigenvalue weighted by molar-refractivity contribution is 5.97. The fourth-order valence-electron chi connectivity index (χ4n) is 3.28. The number of nitrogens with zero attached hydrogens (tertiary/aromatic N) is 2. The maximum absolute atomic E-state index is 12.3. The minimum Gasteiger partial charge on any atom is -0.480 e. The quantitative estimate of drug-likeness (QED) is 0.650. The molecule has 0 aliphatic heterocycles. The number of carboxylic acids is 1. The number of carbonyl (C=O) groups is 3. The fourth-order valence-corrected chi connectivity index (χ4v) is 3.28. The molecule has 2 rings (SSSR count). The summed E-state index contributed by atoms with van der Waals surface area (Å²) in [6, 6.07) is 0.222. The molecular weight excluding hydrogens is 336 g/mol. The number of amides is 2. The topological polar surface area (TPSA) is 113 Å². The Morgan fingerprint density at radius 1 is 1.31 bits per heavy atom. The molecule has 8 nitrogen and oxygen atoms in total. The summed E-state index contributed by atoms with van der Waals surface area (Å²) in [5, 5.41) is 18.9. The molecular formula is C18H28N4O4. The number of carbonyl (C=O) groups excluding carboxylic acids is 2. The summed E-state index contributed by atoms with van der Waals surface area (Å²) in [4.78, 5) is 35.9. The van der Waals surface area contributed by atoms with Crippen molar-refractivity contribution in [2.24, 2.45) is 0 Å². The first kappa shape index (κ1) is 19.9. The number of hydrogen-bond donors (Lipinski definition) is 3. The Balaban J connectivity index is 1.92. The summed E-state index contributed by atoms with van der Waals surface area (Å²) in [5.74, 6) is -1.72. The summed E-state index contributed by atoms with van der Waals surface area (Å²) in [6.45, 7) is 3.38. The van der Waals surface area contributed by atoms with Crippen LogP contribution >= 0.6 is 0 Å². The van der Waals surface area contributed by atoms with Gasteiger partial charge in [0.05, 0.1) is 11.8 Å². The van der Waals surface area contributed by atoms with Crippen LogP contribution in [0.25, 0.3) is 0 Å². The molecule has 1 atom stereocenters. The van der Waals surface area contributed by atoms with E-state index in [4.69, 9.17) is 0 Å². The number of aromatic nitrogens is 2. The van der Waals surface area contributed by atoms with Gasteiger partial charge < -0.3 is 15.7 Å². The third kappa shape index (κ3) is 5.31. The van der Waals surface area contributed by atoms with Crippen molar-refractivity contribution in [1.82, 2.24) is 20.4 Å². The van der Waals surface area contributed by atoms with Gasteiger partial charge in [-0.25, -0.2) is 4.79 Å². The summed E-state index contributed by atoms with van der Waals surface area (Å²) >= 11 is 0. The molecule has 26 heavy (non-hydrogen) atoms. The Kier molecular flexibility index (Phi) is 6.76. The van der Waals surface area contributed by atoms with Crippen molar-refractivity contribution in [2.45, 2.75) is 76.9 Å². The second-order valence-electron chi connectivity index (χ2n) is 7.17. The monoisotopic (exact) mass is 364 g/mol. The van der Waals surface area contributed by atoms with Gasteiger partial charge in [-0.2, -0.15) is 5.10 Å². The van der Waals surface area contributed by atoms with E-state index in [1.807, 2.05) is 6.92 Å². The molecule has 1 aromatic heterocycles. The molecule has 0 bridgehead atoms. The van der Waals surface area contributed by atoms with Crippen molar-refractivity contribution in [3.05, 3.63) is 18.0 Å². The highest BCUT2D eigenvalue weighted by Crippen LogP contribution is 2.17. The van der Waals surface area contributed by atoms with E-state index >= 15 is 0 Å². The zero-order chi connectivity index (χ0) is 19.2. The lowest BCUT2D eigenvalue weighted by atomic mass is 9.95. The number of hydrogen-bond acceptors (Lipinski definition) is 4. The highest BCUT2D eigenvalue weighted by atomic mass is 16.4. The number of carboxylic acid groups (broad SMARTS) is 1. The molecule has 8 heteroatoms. The van der Waals surface area contributed by atoms with E-state index < -0.39 is 17.4 Å². The van der Waals surface area contributed by atoms with Crippen LogP contribution in [0.15, 0.2) is 12.4 Å². The zero-order valence-corrected chi connectivity index (χ0v) is 15.5. The summed E-state index contributed by atoms with van der Waals surface area (Å²) < 4.78 is 1.39. The molecule has 1 aliphatic carbocycles. The SMILES string of the molecule is CCCC(C)(NC(=O)c1cnn(CC(=O)NC2CCCCC2)c1)C(=O)O. The van der Waals surface area contributed by atoms with E-state index in [2.05, 4.69) is 15.7 Å². The van der Waals surface area contributed by atoms with E-state index in [9.17, 15) is 19.5 Å². The first-order valence-corrected chi connectivity index (χ1v) is 9.22. The first-order chi connectivity index (χ1) is 12.3. The first-order valence-electron chi connectivity index (χ1n) is 9.22. The van der Waals surface area contributed by atoms with Crippen molar-refractivity contribution >= 4 is 17.8 Å². The summed E-state index contributed by atoms with van der Waals surface area (Å²) in [6.07, 6.45) is 9.26. The van der Waals surface area contributed by atoms with Gasteiger partial charge in [0.25, 0.3) is 5.91 Å². The molecule has 1 fully saturated rings. The lowest BCUT2D eigenvalue weighted by Crippen LogP contribution is -2.52. The minimum atomic E-state index is -1.33. The molecule has 1 aromatic rings. The molecule has 1 saturated carbocycles. The molecule has 3 N–H and O–H groups in total. The lowest BCUT2D eigenvalue weighted by Gasteiger charge is -2.25. The summed E-state index contributed by atoms with van der Waals surface area (Å²) in [7, 11) is 0. The van der Waals surface area contributed by atoms with Gasteiger partial charge in [-0.1, -0.05) is 32.6 Å². The van der Waals surface area contributed by atoms with Gasteiger partial charge in [0, 0.05) is 12.2 Å². The van der Waals surface area contributed by atoms with Crippen LogP contribution in [0.3, 0.4) is 0 Å². The molecule has 1 unspecified atom stereocenters. The second-order valence-corrected chi connectivity index (χ2v) is 7.17. The number of nitrogens with one attached hydrogen (secondary N) is 2. The predicted octanol–water partition coefficient (Wildman–Crippen LogP) is 1.71. The van der Waals surface area contributed by atoms with Crippen molar-refractivity contribution in [3.63, 3.8) is 0 Å². The third-order valence-electron chi connectivity index (χ3n) is 4.78. The maximum Gasteiger partial charge on any atom is 0.329 e. The van der Waals surface area contributed by atoms with Crippen LogP contribution in [0, 0.1) is 0 Å². The van der Waals surface area contributed by atoms with Gasteiger partial charge in [-0.15, -0.1) is 0 Å². The van der Waals surface area contributed by atoms with Gasteiger partial charge in [-0.3, -0.25) is 14.3 Å². The van der Waals surface area contributed by atoms with Gasteiger partial charge in [0.1, 0.15) is 12.1 Å².